The van der Waals surface area contributed by atoms with E-state index in [9.17, 15) is 18.0 Å². The summed E-state index contributed by atoms with van der Waals surface area (Å²) >= 11 is 0. The standard InChI is InChI=1S/C20H18F3N3O2.ClH/c1-11(2)28-19(27)16-10-24-18-15(9-4-12(3)25-18)17(16)26-14-7-5-13(6-8-14)20(21,22)23;/h4-11H,1-3H3,(H,24,25,26);1H. The van der Waals surface area contributed by atoms with Gasteiger partial charge in [-0.3, -0.25) is 0 Å². The van der Waals surface area contributed by atoms with Crippen LogP contribution in [0.3, 0.4) is 0 Å². The highest BCUT2D eigenvalue weighted by Gasteiger charge is 2.30. The Kier molecular flexibility index (Phi) is 6.69. The number of aryl methyl sites for hydroxylation is 1. The number of ether oxygens (including phenoxy) is 1. The van der Waals surface area contributed by atoms with E-state index in [1.165, 1.54) is 18.3 Å². The molecule has 2 heterocycles. The highest BCUT2D eigenvalue weighted by molar-refractivity contribution is 6.05. The minimum Gasteiger partial charge on any atom is -0.459 e. The number of nitrogens with zero attached hydrogens (tertiary/aromatic N) is 2. The molecule has 0 radical (unpaired) electrons. The van der Waals surface area contributed by atoms with E-state index in [1.807, 2.05) is 6.92 Å². The van der Waals surface area contributed by atoms with Crippen molar-refractivity contribution in [2.24, 2.45) is 0 Å². The van der Waals surface area contributed by atoms with Crippen molar-refractivity contribution in [1.82, 2.24) is 9.97 Å². The molecule has 0 aliphatic heterocycles. The van der Waals surface area contributed by atoms with Crippen LogP contribution in [0.15, 0.2) is 42.6 Å². The largest absolute Gasteiger partial charge is 0.459 e. The van der Waals surface area contributed by atoms with Crippen molar-refractivity contribution in [3.63, 3.8) is 0 Å². The Labute approximate surface area is 171 Å². The first-order valence-corrected chi connectivity index (χ1v) is 8.57. The van der Waals surface area contributed by atoms with Crippen molar-refractivity contribution < 1.29 is 22.7 Å². The number of carbonyl (C=O) groups excluding carboxylic acids is 1. The van der Waals surface area contributed by atoms with Crippen LogP contribution in [0.1, 0.15) is 35.5 Å². The number of nitrogens with one attached hydrogen (secondary N) is 1. The lowest BCUT2D eigenvalue weighted by atomic mass is 10.1. The maximum absolute atomic E-state index is 12.8. The molecule has 3 aromatic rings. The predicted octanol–water partition coefficient (Wildman–Crippen LogP) is 5.69. The molecular weight excluding hydrogens is 407 g/mol. The monoisotopic (exact) mass is 425 g/mol. The average molecular weight is 426 g/mol. The summed E-state index contributed by atoms with van der Waals surface area (Å²) in [6.07, 6.45) is -3.40. The molecule has 0 spiro atoms. The Morgan fingerprint density at radius 3 is 2.34 bits per heavy atom. The average Bonchev–Trinajstić information content (AvgIpc) is 2.60. The Balaban J connectivity index is 0.00000300. The van der Waals surface area contributed by atoms with Crippen LogP contribution >= 0.6 is 12.4 Å². The molecule has 0 aliphatic rings. The summed E-state index contributed by atoms with van der Waals surface area (Å²) in [5.41, 5.74) is 1.34. The molecule has 154 valence electrons. The molecule has 2 aromatic heterocycles. The van der Waals surface area contributed by atoms with Gasteiger partial charge in [-0.15, -0.1) is 12.4 Å². The van der Waals surface area contributed by atoms with Gasteiger partial charge < -0.3 is 10.1 Å². The number of benzene rings is 1. The lowest BCUT2D eigenvalue weighted by Gasteiger charge is -2.16. The number of hydrogen-bond donors (Lipinski definition) is 1. The maximum Gasteiger partial charge on any atom is 0.416 e. The second-order valence-electron chi connectivity index (χ2n) is 6.52. The molecule has 3 rings (SSSR count). The molecule has 0 saturated carbocycles. The van der Waals surface area contributed by atoms with Gasteiger partial charge >= 0.3 is 12.1 Å². The molecule has 0 amide bonds. The fraction of sp³-hybridized carbons (Fsp3) is 0.250. The van der Waals surface area contributed by atoms with E-state index in [0.717, 1.165) is 17.8 Å². The summed E-state index contributed by atoms with van der Waals surface area (Å²) in [5, 5.41) is 3.58. The third kappa shape index (κ3) is 5.14. The van der Waals surface area contributed by atoms with E-state index < -0.39 is 17.7 Å². The van der Waals surface area contributed by atoms with E-state index in [-0.39, 0.29) is 24.1 Å². The minimum absolute atomic E-state index is 0. The van der Waals surface area contributed by atoms with Crippen molar-refractivity contribution in [3.8, 4) is 0 Å². The first kappa shape index (κ1) is 22.4. The summed E-state index contributed by atoms with van der Waals surface area (Å²) in [6, 6.07) is 8.06. The van der Waals surface area contributed by atoms with Crippen molar-refractivity contribution in [2.75, 3.05) is 5.32 Å². The first-order valence-electron chi connectivity index (χ1n) is 8.57. The number of hydrogen-bond acceptors (Lipinski definition) is 5. The second kappa shape index (κ2) is 8.65. The molecule has 9 heteroatoms. The Bertz CT molecular complexity index is 1020. The number of fused-ring (bicyclic) bond motifs is 1. The second-order valence-corrected chi connectivity index (χ2v) is 6.52. The fourth-order valence-electron chi connectivity index (χ4n) is 2.63. The zero-order valence-corrected chi connectivity index (χ0v) is 16.7. The van der Waals surface area contributed by atoms with Gasteiger partial charge in [0.1, 0.15) is 5.56 Å². The Morgan fingerprint density at radius 2 is 1.76 bits per heavy atom. The number of alkyl halides is 3. The molecular formula is C20H19ClF3N3O2. The van der Waals surface area contributed by atoms with Crippen molar-refractivity contribution in [2.45, 2.75) is 33.1 Å². The lowest BCUT2D eigenvalue weighted by molar-refractivity contribution is -0.137. The van der Waals surface area contributed by atoms with Crippen LogP contribution in [-0.4, -0.2) is 22.0 Å². The molecule has 29 heavy (non-hydrogen) atoms. The molecule has 0 atom stereocenters. The predicted molar refractivity (Wildman–Crippen MR) is 107 cm³/mol. The van der Waals surface area contributed by atoms with Gasteiger partial charge in [0.25, 0.3) is 0 Å². The maximum atomic E-state index is 12.8. The number of anilines is 2. The Hall–Kier alpha value is -2.87. The van der Waals surface area contributed by atoms with Crippen LogP contribution in [0.2, 0.25) is 0 Å². The molecule has 1 N–H and O–H groups in total. The van der Waals surface area contributed by atoms with Crippen LogP contribution < -0.4 is 5.32 Å². The van der Waals surface area contributed by atoms with Gasteiger partial charge in [-0.05, 0) is 57.2 Å². The van der Waals surface area contributed by atoms with E-state index in [1.54, 1.807) is 26.0 Å². The van der Waals surface area contributed by atoms with E-state index >= 15 is 0 Å². The third-order valence-corrected chi connectivity index (χ3v) is 3.91. The number of aromatic nitrogens is 2. The number of rotatable bonds is 4. The molecule has 0 saturated heterocycles. The number of halogens is 4. The number of carbonyl (C=O) groups is 1. The van der Waals surface area contributed by atoms with Crippen LogP contribution in [0.4, 0.5) is 24.5 Å². The quantitative estimate of drug-likeness (QED) is 0.544. The van der Waals surface area contributed by atoms with Gasteiger partial charge in [-0.25, -0.2) is 14.8 Å². The highest BCUT2D eigenvalue weighted by Crippen LogP contribution is 2.32. The highest BCUT2D eigenvalue weighted by atomic mass is 35.5. The van der Waals surface area contributed by atoms with Crippen molar-refractivity contribution >= 4 is 40.8 Å². The van der Waals surface area contributed by atoms with Crippen LogP contribution in [0.25, 0.3) is 11.0 Å². The van der Waals surface area contributed by atoms with Crippen LogP contribution in [-0.2, 0) is 10.9 Å². The molecule has 1 aromatic carbocycles. The zero-order chi connectivity index (χ0) is 20.5. The molecule has 0 aliphatic carbocycles. The van der Waals surface area contributed by atoms with Gasteiger partial charge in [-0.1, -0.05) is 0 Å². The van der Waals surface area contributed by atoms with Gasteiger partial charge in [0, 0.05) is 23.0 Å². The van der Waals surface area contributed by atoms with Crippen molar-refractivity contribution in [3.05, 3.63) is 59.4 Å². The van der Waals surface area contributed by atoms with Gasteiger partial charge in [0.05, 0.1) is 17.4 Å². The van der Waals surface area contributed by atoms with E-state index in [0.29, 0.717) is 22.4 Å². The lowest BCUT2D eigenvalue weighted by Crippen LogP contribution is -2.14. The first-order chi connectivity index (χ1) is 13.1. The smallest absolute Gasteiger partial charge is 0.416 e. The molecule has 0 fully saturated rings. The van der Waals surface area contributed by atoms with Gasteiger partial charge in [0.2, 0.25) is 0 Å². The van der Waals surface area contributed by atoms with Crippen molar-refractivity contribution in [1.29, 1.82) is 0 Å². The van der Waals surface area contributed by atoms with E-state index in [2.05, 4.69) is 15.3 Å². The van der Waals surface area contributed by atoms with Gasteiger partial charge in [0.15, 0.2) is 5.65 Å². The molecule has 0 unspecified atom stereocenters. The summed E-state index contributed by atoms with van der Waals surface area (Å²) in [5.74, 6) is -0.584. The zero-order valence-electron chi connectivity index (χ0n) is 15.9. The summed E-state index contributed by atoms with van der Waals surface area (Å²) < 4.78 is 43.6. The van der Waals surface area contributed by atoms with Crippen LogP contribution in [0.5, 0.6) is 0 Å². The Morgan fingerprint density at radius 1 is 1.10 bits per heavy atom. The normalized spacial score (nSPS) is 11.3. The number of pyridine rings is 2. The van der Waals surface area contributed by atoms with Crippen LogP contribution in [0, 0.1) is 6.92 Å². The summed E-state index contributed by atoms with van der Waals surface area (Å²) in [4.78, 5) is 21.0. The van der Waals surface area contributed by atoms with E-state index in [4.69, 9.17) is 4.74 Å². The fourth-order valence-corrected chi connectivity index (χ4v) is 2.63. The third-order valence-electron chi connectivity index (χ3n) is 3.91. The number of esters is 1. The molecule has 0 bridgehead atoms. The molecule has 5 nitrogen and oxygen atoms in total. The summed E-state index contributed by atoms with van der Waals surface area (Å²) in [7, 11) is 0. The SMILES string of the molecule is Cc1ccc2c(Nc3ccc(C(F)(F)F)cc3)c(C(=O)OC(C)C)cnc2n1.Cl. The topological polar surface area (TPSA) is 64.1 Å². The summed E-state index contributed by atoms with van der Waals surface area (Å²) in [6.45, 7) is 5.26. The van der Waals surface area contributed by atoms with Gasteiger partial charge in [-0.2, -0.15) is 13.2 Å². The minimum atomic E-state index is -4.42.